The molecule has 5 heteroatoms. The van der Waals surface area contributed by atoms with Crippen LogP contribution in [0.1, 0.15) is 48.7 Å². The van der Waals surface area contributed by atoms with Gasteiger partial charge in [-0.05, 0) is 45.2 Å². The number of amides is 1. The van der Waals surface area contributed by atoms with Crippen LogP contribution in [-0.4, -0.2) is 51.8 Å². The van der Waals surface area contributed by atoms with Gasteiger partial charge in [-0.1, -0.05) is 0 Å². The van der Waals surface area contributed by atoms with E-state index in [1.165, 1.54) is 0 Å². The fourth-order valence-electron chi connectivity index (χ4n) is 3.54. The fourth-order valence-corrected chi connectivity index (χ4v) is 3.54. The minimum absolute atomic E-state index is 0.0323. The number of pyridine rings is 1. The summed E-state index contributed by atoms with van der Waals surface area (Å²) in [7, 11) is 0. The van der Waals surface area contributed by atoms with E-state index in [-0.39, 0.29) is 11.5 Å². The van der Waals surface area contributed by atoms with Crippen molar-refractivity contribution < 1.29 is 14.6 Å². The maximum absolute atomic E-state index is 12.5. The van der Waals surface area contributed by atoms with E-state index in [1.54, 1.807) is 6.20 Å². The summed E-state index contributed by atoms with van der Waals surface area (Å²) in [5.41, 5.74) is 0.639. The van der Waals surface area contributed by atoms with Crippen LogP contribution in [0.2, 0.25) is 0 Å². The Bertz CT molecular complexity index is 546. The predicted octanol–water partition coefficient (Wildman–Crippen LogP) is 1.93. The van der Waals surface area contributed by atoms with Crippen molar-refractivity contribution in [3.05, 3.63) is 29.6 Å². The van der Waals surface area contributed by atoms with E-state index in [2.05, 4.69) is 4.98 Å². The molecule has 0 bridgehead atoms. The standard InChI is InChI=1S/C17H24N2O3/c1-13-3-4-14(11-18-13)15(20)19-8-5-17(6-9-19)12-16(2,21)7-10-22-17/h3-4,11,21H,5-10,12H2,1-2H3. The van der Waals surface area contributed by atoms with Gasteiger partial charge in [0, 0.05) is 31.4 Å². The van der Waals surface area contributed by atoms with Crippen molar-refractivity contribution in [2.45, 2.75) is 50.7 Å². The molecule has 1 spiro atoms. The van der Waals surface area contributed by atoms with Crippen molar-refractivity contribution >= 4 is 5.91 Å². The molecule has 0 saturated carbocycles. The second-order valence-corrected chi connectivity index (χ2v) is 6.94. The molecular formula is C17H24N2O3. The van der Waals surface area contributed by atoms with E-state index >= 15 is 0 Å². The van der Waals surface area contributed by atoms with Crippen molar-refractivity contribution in [3.8, 4) is 0 Å². The number of nitrogens with zero attached hydrogens (tertiary/aromatic N) is 2. The van der Waals surface area contributed by atoms with Gasteiger partial charge in [-0.15, -0.1) is 0 Å². The van der Waals surface area contributed by atoms with Crippen LogP contribution < -0.4 is 0 Å². The molecule has 1 atom stereocenters. The molecule has 2 aliphatic heterocycles. The minimum Gasteiger partial charge on any atom is -0.390 e. The van der Waals surface area contributed by atoms with Crippen LogP contribution >= 0.6 is 0 Å². The second-order valence-electron chi connectivity index (χ2n) is 6.94. The smallest absolute Gasteiger partial charge is 0.255 e. The largest absolute Gasteiger partial charge is 0.390 e. The fraction of sp³-hybridized carbons (Fsp3) is 0.647. The third-order valence-electron chi connectivity index (χ3n) is 4.87. The van der Waals surface area contributed by atoms with Crippen LogP contribution in [0.5, 0.6) is 0 Å². The number of aliphatic hydroxyl groups is 1. The van der Waals surface area contributed by atoms with Crippen molar-refractivity contribution in [2.75, 3.05) is 19.7 Å². The SMILES string of the molecule is Cc1ccc(C(=O)N2CCC3(CC2)CC(C)(O)CCO3)cn1. The van der Waals surface area contributed by atoms with Gasteiger partial charge in [0.25, 0.3) is 5.91 Å². The quantitative estimate of drug-likeness (QED) is 0.861. The first-order valence-electron chi connectivity index (χ1n) is 7.98. The highest BCUT2D eigenvalue weighted by molar-refractivity contribution is 5.94. The van der Waals surface area contributed by atoms with E-state index in [0.29, 0.717) is 38.1 Å². The molecule has 1 unspecified atom stereocenters. The number of carbonyl (C=O) groups is 1. The molecule has 2 saturated heterocycles. The van der Waals surface area contributed by atoms with Crippen molar-refractivity contribution in [1.29, 1.82) is 0 Å². The zero-order chi connectivity index (χ0) is 15.8. The summed E-state index contributed by atoms with van der Waals surface area (Å²) in [6.45, 7) is 5.73. The Morgan fingerprint density at radius 3 is 2.64 bits per heavy atom. The van der Waals surface area contributed by atoms with E-state index in [0.717, 1.165) is 18.5 Å². The molecule has 3 rings (SSSR count). The van der Waals surface area contributed by atoms with Crippen molar-refractivity contribution in [3.63, 3.8) is 0 Å². The van der Waals surface area contributed by atoms with Gasteiger partial charge in [0.1, 0.15) is 0 Å². The summed E-state index contributed by atoms with van der Waals surface area (Å²) in [6.07, 6.45) is 4.56. The Kier molecular flexibility index (Phi) is 3.95. The van der Waals surface area contributed by atoms with E-state index in [9.17, 15) is 9.90 Å². The van der Waals surface area contributed by atoms with Gasteiger partial charge < -0.3 is 14.7 Å². The number of hydrogen-bond acceptors (Lipinski definition) is 4. The van der Waals surface area contributed by atoms with Crippen LogP contribution in [0.25, 0.3) is 0 Å². The molecule has 1 amide bonds. The lowest BCUT2D eigenvalue weighted by molar-refractivity contribution is -0.170. The van der Waals surface area contributed by atoms with Crippen molar-refractivity contribution in [2.24, 2.45) is 0 Å². The number of rotatable bonds is 1. The normalized spacial score (nSPS) is 27.9. The lowest BCUT2D eigenvalue weighted by Gasteiger charge is -2.48. The highest BCUT2D eigenvalue weighted by Crippen LogP contribution is 2.39. The molecule has 1 aromatic heterocycles. The Labute approximate surface area is 131 Å². The first kappa shape index (κ1) is 15.4. The summed E-state index contributed by atoms with van der Waals surface area (Å²) < 4.78 is 5.98. The molecule has 0 aliphatic carbocycles. The summed E-state index contributed by atoms with van der Waals surface area (Å²) in [4.78, 5) is 18.6. The van der Waals surface area contributed by atoms with E-state index < -0.39 is 5.60 Å². The van der Waals surface area contributed by atoms with Crippen LogP contribution in [-0.2, 0) is 4.74 Å². The summed E-state index contributed by atoms with van der Waals surface area (Å²) in [6, 6.07) is 3.69. The minimum atomic E-state index is -0.648. The van der Waals surface area contributed by atoms with E-state index in [4.69, 9.17) is 4.74 Å². The zero-order valence-electron chi connectivity index (χ0n) is 13.3. The Morgan fingerprint density at radius 1 is 1.32 bits per heavy atom. The predicted molar refractivity (Wildman–Crippen MR) is 82.7 cm³/mol. The van der Waals surface area contributed by atoms with Gasteiger partial charge in [0.05, 0.1) is 23.4 Å². The number of hydrogen-bond donors (Lipinski definition) is 1. The first-order valence-corrected chi connectivity index (χ1v) is 7.98. The van der Waals surface area contributed by atoms with E-state index in [1.807, 2.05) is 30.9 Å². The zero-order valence-corrected chi connectivity index (χ0v) is 13.3. The lowest BCUT2D eigenvalue weighted by Crippen LogP contribution is -2.54. The molecule has 2 aliphatic rings. The average molecular weight is 304 g/mol. The number of aryl methyl sites for hydroxylation is 1. The van der Waals surface area contributed by atoms with Gasteiger partial charge in [-0.3, -0.25) is 9.78 Å². The van der Waals surface area contributed by atoms with Gasteiger partial charge in [-0.25, -0.2) is 0 Å². The van der Waals surface area contributed by atoms with Crippen LogP contribution in [0.15, 0.2) is 18.3 Å². The van der Waals surface area contributed by atoms with Gasteiger partial charge in [0.2, 0.25) is 0 Å². The molecule has 120 valence electrons. The number of piperidine rings is 1. The number of aromatic nitrogens is 1. The Hall–Kier alpha value is -1.46. The van der Waals surface area contributed by atoms with Crippen molar-refractivity contribution in [1.82, 2.24) is 9.88 Å². The molecule has 1 aromatic rings. The highest BCUT2D eigenvalue weighted by Gasteiger charge is 2.44. The molecular weight excluding hydrogens is 280 g/mol. The second kappa shape index (κ2) is 5.63. The highest BCUT2D eigenvalue weighted by atomic mass is 16.5. The number of carbonyl (C=O) groups excluding carboxylic acids is 1. The molecule has 0 aromatic carbocycles. The van der Waals surface area contributed by atoms with Gasteiger partial charge in [-0.2, -0.15) is 0 Å². The monoisotopic (exact) mass is 304 g/mol. The topological polar surface area (TPSA) is 62.7 Å². The molecule has 22 heavy (non-hydrogen) atoms. The summed E-state index contributed by atoms with van der Waals surface area (Å²) >= 11 is 0. The molecule has 1 N–H and O–H groups in total. The third kappa shape index (κ3) is 3.15. The summed E-state index contributed by atoms with van der Waals surface area (Å²) in [5.74, 6) is 0.0323. The summed E-state index contributed by atoms with van der Waals surface area (Å²) in [5, 5.41) is 10.3. The maximum Gasteiger partial charge on any atom is 0.255 e. The Balaban J connectivity index is 1.64. The van der Waals surface area contributed by atoms with Crippen LogP contribution in [0.3, 0.4) is 0 Å². The Morgan fingerprint density at radius 2 is 2.05 bits per heavy atom. The van der Waals surface area contributed by atoms with Gasteiger partial charge >= 0.3 is 0 Å². The third-order valence-corrected chi connectivity index (χ3v) is 4.87. The van der Waals surface area contributed by atoms with Gasteiger partial charge in [0.15, 0.2) is 0 Å². The molecule has 0 radical (unpaired) electrons. The first-order chi connectivity index (χ1) is 10.4. The molecule has 2 fully saturated rings. The maximum atomic E-state index is 12.5. The lowest BCUT2D eigenvalue weighted by atomic mass is 9.78. The van der Waals surface area contributed by atoms with Crippen LogP contribution in [0, 0.1) is 6.92 Å². The molecule has 3 heterocycles. The average Bonchev–Trinajstić information content (AvgIpc) is 2.47. The molecule has 5 nitrogen and oxygen atoms in total. The van der Waals surface area contributed by atoms with Crippen LogP contribution in [0.4, 0.5) is 0 Å². The number of ether oxygens (including phenoxy) is 1. The number of likely N-dealkylation sites (tertiary alicyclic amines) is 1.